The molecule has 1 saturated heterocycles. The van der Waals surface area contributed by atoms with E-state index >= 15 is 0 Å². The fourth-order valence-corrected chi connectivity index (χ4v) is 4.51. The molecule has 4 heterocycles. The molecule has 1 aromatic carbocycles. The van der Waals surface area contributed by atoms with Crippen LogP contribution in [0.25, 0.3) is 11.3 Å². The third-order valence-corrected chi connectivity index (χ3v) is 6.55. The van der Waals surface area contributed by atoms with Crippen LogP contribution in [-0.4, -0.2) is 57.3 Å². The van der Waals surface area contributed by atoms with Crippen molar-refractivity contribution in [1.82, 2.24) is 19.9 Å². The van der Waals surface area contributed by atoms with Crippen molar-refractivity contribution >= 4 is 6.09 Å². The minimum atomic E-state index is -0.479. The van der Waals surface area contributed by atoms with Crippen LogP contribution in [0.2, 0.25) is 0 Å². The summed E-state index contributed by atoms with van der Waals surface area (Å²) in [6.45, 7) is 10.8. The van der Waals surface area contributed by atoms with Crippen molar-refractivity contribution < 1.29 is 23.2 Å². The fraction of sp³-hybridized carbons (Fsp3) is 0.444. The second kappa shape index (κ2) is 9.54. The molecule has 2 aromatic heterocycles. The molecule has 0 atom stereocenters. The van der Waals surface area contributed by atoms with E-state index in [9.17, 15) is 9.18 Å². The maximum atomic E-state index is 13.3. The minimum absolute atomic E-state index is 0.245. The van der Waals surface area contributed by atoms with Gasteiger partial charge in [-0.05, 0) is 57.5 Å². The monoisotopic (exact) mass is 494 g/mol. The van der Waals surface area contributed by atoms with Crippen molar-refractivity contribution in [2.24, 2.45) is 0 Å². The first kappa shape index (κ1) is 24.2. The van der Waals surface area contributed by atoms with Crippen LogP contribution in [0.3, 0.4) is 0 Å². The van der Waals surface area contributed by atoms with Gasteiger partial charge in [0.25, 0.3) is 0 Å². The molecule has 0 radical (unpaired) electrons. The molecule has 190 valence electrons. The number of ether oxygens (including phenoxy) is 2. The molecular weight excluding hydrogens is 463 g/mol. The number of carbonyl (C=O) groups excluding carboxylic acids is 1. The van der Waals surface area contributed by atoms with Crippen molar-refractivity contribution in [2.75, 3.05) is 19.6 Å². The summed E-state index contributed by atoms with van der Waals surface area (Å²) >= 11 is 0. The molecule has 1 amide bonds. The lowest BCUT2D eigenvalue weighted by molar-refractivity contribution is -0.0181. The summed E-state index contributed by atoms with van der Waals surface area (Å²) in [4.78, 5) is 21.1. The number of aryl methyl sites for hydroxylation is 1. The molecule has 9 heteroatoms. The Morgan fingerprint density at radius 2 is 1.92 bits per heavy atom. The Balaban J connectivity index is 1.18. The zero-order valence-electron chi connectivity index (χ0n) is 21.1. The van der Waals surface area contributed by atoms with E-state index in [4.69, 9.17) is 19.0 Å². The Hall–Kier alpha value is -3.46. The number of hydrogen-bond donors (Lipinski definition) is 0. The first-order valence-electron chi connectivity index (χ1n) is 12.2. The van der Waals surface area contributed by atoms with Crippen molar-refractivity contribution in [2.45, 2.75) is 58.9 Å². The van der Waals surface area contributed by atoms with E-state index in [1.165, 1.54) is 17.7 Å². The summed E-state index contributed by atoms with van der Waals surface area (Å²) in [6.07, 6.45) is 0.577. The van der Waals surface area contributed by atoms with Crippen LogP contribution >= 0.6 is 0 Å². The Bertz CT molecular complexity index is 1250. The number of hydrogen-bond acceptors (Lipinski definition) is 7. The third-order valence-electron chi connectivity index (χ3n) is 6.55. The zero-order chi connectivity index (χ0) is 25.4. The second-order valence-electron chi connectivity index (χ2n) is 10.4. The number of halogens is 1. The Morgan fingerprint density at radius 1 is 1.17 bits per heavy atom. The van der Waals surface area contributed by atoms with E-state index in [-0.39, 0.29) is 18.5 Å². The molecule has 0 unspecified atom stereocenters. The zero-order valence-corrected chi connectivity index (χ0v) is 21.1. The number of benzene rings is 1. The predicted octanol–water partition coefficient (Wildman–Crippen LogP) is 4.74. The molecule has 3 aromatic rings. The Morgan fingerprint density at radius 3 is 2.64 bits per heavy atom. The molecule has 5 rings (SSSR count). The second-order valence-corrected chi connectivity index (χ2v) is 10.4. The number of fused-ring (bicyclic) bond motifs is 1. The van der Waals surface area contributed by atoms with Gasteiger partial charge >= 0.3 is 6.09 Å². The van der Waals surface area contributed by atoms with Crippen molar-refractivity contribution in [3.63, 3.8) is 0 Å². The minimum Gasteiger partial charge on any atom is -0.473 e. The first-order chi connectivity index (χ1) is 17.2. The smallest absolute Gasteiger partial charge is 0.410 e. The van der Waals surface area contributed by atoms with Gasteiger partial charge in [-0.1, -0.05) is 11.2 Å². The summed E-state index contributed by atoms with van der Waals surface area (Å²) in [7, 11) is 0. The molecular formula is C27H31FN4O4. The van der Waals surface area contributed by atoms with Crippen LogP contribution in [0.15, 0.2) is 40.9 Å². The van der Waals surface area contributed by atoms with Gasteiger partial charge in [-0.3, -0.25) is 4.90 Å². The largest absolute Gasteiger partial charge is 0.473 e. The third kappa shape index (κ3) is 5.21. The standard InChI is InChI=1S/C27H31FN4O4/c1-17-22(25(30-36-17)18-5-8-20(28)9-6-18)16-34-24-10-7-19-13-31(12-11-23(19)29-24)21-14-32(15-21)26(33)35-27(2,3)4/h5-10,21H,11-16H2,1-4H3. The van der Waals surface area contributed by atoms with Gasteiger partial charge in [0.2, 0.25) is 5.88 Å². The highest BCUT2D eigenvalue weighted by Gasteiger charge is 2.38. The van der Waals surface area contributed by atoms with Crippen LogP contribution < -0.4 is 4.74 Å². The number of carbonyl (C=O) groups is 1. The number of rotatable bonds is 5. The normalized spacial score (nSPS) is 16.4. The molecule has 1 fully saturated rings. The number of pyridine rings is 1. The lowest BCUT2D eigenvalue weighted by Crippen LogP contribution is -2.62. The van der Waals surface area contributed by atoms with Crippen molar-refractivity contribution in [3.05, 3.63) is 64.8 Å². The summed E-state index contributed by atoms with van der Waals surface area (Å²) in [5.41, 5.74) is 3.96. The summed E-state index contributed by atoms with van der Waals surface area (Å²) in [6, 6.07) is 10.4. The van der Waals surface area contributed by atoms with Crippen LogP contribution in [0, 0.1) is 12.7 Å². The highest BCUT2D eigenvalue weighted by molar-refractivity contribution is 5.69. The lowest BCUT2D eigenvalue weighted by Gasteiger charge is -2.46. The van der Waals surface area contributed by atoms with Crippen molar-refractivity contribution in [1.29, 1.82) is 0 Å². The number of nitrogens with zero attached hydrogens (tertiary/aromatic N) is 4. The van der Waals surface area contributed by atoms with Gasteiger partial charge in [-0.25, -0.2) is 14.2 Å². The number of amides is 1. The topological polar surface area (TPSA) is 80.9 Å². The lowest BCUT2D eigenvalue weighted by atomic mass is 10.0. The van der Waals surface area contributed by atoms with E-state index in [1.807, 2.05) is 33.8 Å². The van der Waals surface area contributed by atoms with Crippen LogP contribution in [-0.2, 0) is 24.3 Å². The highest BCUT2D eigenvalue weighted by Crippen LogP contribution is 2.29. The highest BCUT2D eigenvalue weighted by atomic mass is 19.1. The summed E-state index contributed by atoms with van der Waals surface area (Å²) in [5, 5.41) is 4.13. The molecule has 0 aliphatic carbocycles. The van der Waals surface area contributed by atoms with Gasteiger partial charge in [0, 0.05) is 50.3 Å². The van der Waals surface area contributed by atoms with Gasteiger partial charge in [0.05, 0.1) is 11.3 Å². The van der Waals surface area contributed by atoms with Gasteiger partial charge in [0.15, 0.2) is 0 Å². The first-order valence-corrected chi connectivity index (χ1v) is 12.2. The van der Waals surface area contributed by atoms with Crippen molar-refractivity contribution in [3.8, 4) is 17.1 Å². The van der Waals surface area contributed by atoms with Crippen LogP contribution in [0.1, 0.15) is 43.4 Å². The summed E-state index contributed by atoms with van der Waals surface area (Å²) < 4.78 is 30.2. The maximum Gasteiger partial charge on any atom is 0.410 e. The van der Waals surface area contributed by atoms with Crippen LogP contribution in [0.5, 0.6) is 5.88 Å². The molecule has 0 bridgehead atoms. The van der Waals surface area contributed by atoms with E-state index < -0.39 is 5.60 Å². The maximum absolute atomic E-state index is 13.3. The van der Waals surface area contributed by atoms with Gasteiger partial charge in [-0.15, -0.1) is 0 Å². The fourth-order valence-electron chi connectivity index (χ4n) is 4.51. The molecule has 36 heavy (non-hydrogen) atoms. The van der Waals surface area contributed by atoms with E-state index in [0.29, 0.717) is 36.5 Å². The van der Waals surface area contributed by atoms with Crippen LogP contribution in [0.4, 0.5) is 9.18 Å². The molecule has 2 aliphatic heterocycles. The van der Waals surface area contributed by atoms with E-state index in [0.717, 1.165) is 36.3 Å². The SMILES string of the molecule is Cc1onc(-c2ccc(F)cc2)c1COc1ccc2c(n1)CCN(C1CN(C(=O)OC(C)(C)C)C1)C2. The average Bonchev–Trinajstić information content (AvgIpc) is 3.16. The van der Waals surface area contributed by atoms with E-state index in [2.05, 4.69) is 16.1 Å². The van der Waals surface area contributed by atoms with Gasteiger partial charge < -0.3 is 18.9 Å². The molecule has 0 saturated carbocycles. The Labute approximate surface area is 210 Å². The van der Waals surface area contributed by atoms with Gasteiger partial charge in [0.1, 0.15) is 29.5 Å². The molecule has 2 aliphatic rings. The van der Waals surface area contributed by atoms with E-state index in [1.54, 1.807) is 17.0 Å². The molecule has 0 spiro atoms. The number of aromatic nitrogens is 2. The quantitative estimate of drug-likeness (QED) is 0.507. The molecule has 8 nitrogen and oxygen atoms in total. The predicted molar refractivity (Wildman–Crippen MR) is 131 cm³/mol. The Kier molecular flexibility index (Phi) is 6.42. The number of likely N-dealkylation sites (tertiary alicyclic amines) is 1. The summed E-state index contributed by atoms with van der Waals surface area (Å²) in [5.74, 6) is 0.905. The van der Waals surface area contributed by atoms with Gasteiger partial charge in [-0.2, -0.15) is 0 Å². The molecule has 0 N–H and O–H groups in total. The average molecular weight is 495 g/mol.